The van der Waals surface area contributed by atoms with E-state index in [2.05, 4.69) is 10.6 Å². The van der Waals surface area contributed by atoms with Gasteiger partial charge >= 0.3 is 0 Å². The van der Waals surface area contributed by atoms with E-state index in [0.29, 0.717) is 5.75 Å². The zero-order chi connectivity index (χ0) is 9.68. The average molecular weight is 220 g/mol. The zero-order valence-corrected chi connectivity index (χ0v) is 8.30. The first-order valence-corrected chi connectivity index (χ1v) is 5.53. The fraction of sp³-hybridized carbons (Fsp3) is 0.500. The van der Waals surface area contributed by atoms with Crippen LogP contribution in [0.4, 0.5) is 9.59 Å². The highest BCUT2D eigenvalue weighted by atomic mass is 32.2. The van der Waals surface area contributed by atoms with Crippen molar-refractivity contribution in [1.82, 2.24) is 10.6 Å². The minimum absolute atomic E-state index is 0.120. The minimum atomic E-state index is -0.231. The molecule has 7 heteroatoms. The number of imide groups is 1. The molecule has 0 aromatic rings. The van der Waals surface area contributed by atoms with Crippen LogP contribution in [0.2, 0.25) is 0 Å². The van der Waals surface area contributed by atoms with Gasteiger partial charge in [0.25, 0.3) is 10.5 Å². The molecule has 2 heterocycles. The summed E-state index contributed by atoms with van der Waals surface area (Å²) in [5.74, 6) is 1.05. The molecule has 2 fully saturated rings. The first-order valence-electron chi connectivity index (χ1n) is 3.56. The Kier molecular flexibility index (Phi) is 4.10. The molecule has 2 aliphatic rings. The number of nitrogens with one attached hydrogen (secondary N) is 2. The molecule has 0 radical (unpaired) electrons. The monoisotopic (exact) mass is 220 g/mol. The summed E-state index contributed by atoms with van der Waals surface area (Å²) in [6.07, 6.45) is 0. The molecular formula is C6H8N2O3S2. The second kappa shape index (κ2) is 5.13. The van der Waals surface area contributed by atoms with E-state index in [-0.39, 0.29) is 16.4 Å². The Bertz CT molecular complexity index is 222. The maximum Gasteiger partial charge on any atom is 0.286 e. The van der Waals surface area contributed by atoms with Crippen LogP contribution in [0.3, 0.4) is 0 Å². The molecule has 2 rings (SSSR count). The van der Waals surface area contributed by atoms with Gasteiger partial charge in [0.1, 0.15) is 0 Å². The summed E-state index contributed by atoms with van der Waals surface area (Å²) in [7, 11) is 0. The molecule has 0 aromatic carbocycles. The number of carbonyl (C=O) groups is 3. The molecular weight excluding hydrogens is 212 g/mol. The molecule has 0 spiro atoms. The van der Waals surface area contributed by atoms with Gasteiger partial charge < -0.3 is 5.32 Å². The van der Waals surface area contributed by atoms with Crippen molar-refractivity contribution in [2.75, 3.05) is 18.1 Å². The Labute approximate surface area is 83.4 Å². The zero-order valence-electron chi connectivity index (χ0n) is 6.66. The molecule has 3 amide bonds. The van der Waals surface area contributed by atoms with Crippen LogP contribution in [0.1, 0.15) is 0 Å². The highest BCUT2D eigenvalue weighted by Crippen LogP contribution is 2.06. The molecule has 13 heavy (non-hydrogen) atoms. The van der Waals surface area contributed by atoms with Crippen molar-refractivity contribution >= 4 is 39.9 Å². The van der Waals surface area contributed by atoms with Crippen molar-refractivity contribution in [2.24, 2.45) is 0 Å². The molecule has 5 nitrogen and oxygen atoms in total. The van der Waals surface area contributed by atoms with Gasteiger partial charge in [-0.15, -0.1) is 0 Å². The predicted octanol–water partition coefficient (Wildman–Crippen LogP) is 0.412. The quantitative estimate of drug-likeness (QED) is 0.618. The second-order valence-corrected chi connectivity index (χ2v) is 4.20. The third-order valence-corrected chi connectivity index (χ3v) is 2.77. The van der Waals surface area contributed by atoms with E-state index < -0.39 is 0 Å². The Hall–Kier alpha value is -0.690. The molecule has 2 aliphatic heterocycles. The van der Waals surface area contributed by atoms with Crippen LogP contribution in [0.15, 0.2) is 0 Å². The molecule has 0 bridgehead atoms. The van der Waals surface area contributed by atoms with Crippen LogP contribution in [0.25, 0.3) is 0 Å². The number of thioether (sulfide) groups is 2. The number of rotatable bonds is 0. The summed E-state index contributed by atoms with van der Waals surface area (Å²) in [4.78, 5) is 30.3. The van der Waals surface area contributed by atoms with Crippen molar-refractivity contribution in [3.8, 4) is 0 Å². The average Bonchev–Trinajstić information content (AvgIpc) is 2.64. The number of amides is 3. The number of carbonyl (C=O) groups excluding carboxylic acids is 3. The lowest BCUT2D eigenvalue weighted by Crippen LogP contribution is -2.18. The van der Waals surface area contributed by atoms with Crippen LogP contribution in [-0.2, 0) is 4.79 Å². The van der Waals surface area contributed by atoms with E-state index in [0.717, 1.165) is 24.1 Å². The van der Waals surface area contributed by atoms with E-state index in [1.807, 2.05) is 0 Å². The summed E-state index contributed by atoms with van der Waals surface area (Å²) < 4.78 is 0. The Morgan fingerprint density at radius 1 is 1.08 bits per heavy atom. The Morgan fingerprint density at radius 2 is 1.85 bits per heavy atom. The van der Waals surface area contributed by atoms with Crippen LogP contribution in [0.5, 0.6) is 0 Å². The van der Waals surface area contributed by atoms with Crippen molar-refractivity contribution in [3.63, 3.8) is 0 Å². The Morgan fingerprint density at radius 3 is 2.00 bits per heavy atom. The lowest BCUT2D eigenvalue weighted by atomic mass is 10.7. The summed E-state index contributed by atoms with van der Waals surface area (Å²) in [5.41, 5.74) is 0. The topological polar surface area (TPSA) is 75.3 Å². The SMILES string of the molecule is O=C1CSC(=O)N1.O=C1NCCS1. The van der Waals surface area contributed by atoms with Gasteiger partial charge in [0.15, 0.2) is 0 Å². The van der Waals surface area contributed by atoms with Crippen molar-refractivity contribution in [2.45, 2.75) is 0 Å². The fourth-order valence-corrected chi connectivity index (χ4v) is 1.78. The lowest BCUT2D eigenvalue weighted by Gasteiger charge is -1.78. The summed E-state index contributed by atoms with van der Waals surface area (Å²) in [6.45, 7) is 0.851. The van der Waals surface area contributed by atoms with Gasteiger partial charge in [-0.25, -0.2) is 0 Å². The molecule has 0 unspecified atom stereocenters. The van der Waals surface area contributed by atoms with Gasteiger partial charge in [-0.1, -0.05) is 23.5 Å². The Balaban J connectivity index is 0.000000132. The van der Waals surface area contributed by atoms with Gasteiger partial charge in [-0.3, -0.25) is 19.7 Å². The molecule has 0 aliphatic carbocycles. The highest BCUT2D eigenvalue weighted by molar-refractivity contribution is 8.14. The largest absolute Gasteiger partial charge is 0.346 e. The second-order valence-electron chi connectivity index (χ2n) is 2.19. The van der Waals surface area contributed by atoms with Crippen molar-refractivity contribution < 1.29 is 14.4 Å². The first kappa shape index (κ1) is 10.4. The number of hydrogen-bond donors (Lipinski definition) is 2. The maximum atomic E-state index is 10.1. The highest BCUT2D eigenvalue weighted by Gasteiger charge is 2.16. The standard InChI is InChI=1S/C3H3NO2S.C3H5NOS/c5-2-1-7-3(6)4-2;5-3-4-1-2-6-3/h1H2,(H,4,5,6);1-2H2,(H,4,5). The van der Waals surface area contributed by atoms with Crippen molar-refractivity contribution in [1.29, 1.82) is 0 Å². The van der Waals surface area contributed by atoms with Crippen molar-refractivity contribution in [3.05, 3.63) is 0 Å². The molecule has 72 valence electrons. The van der Waals surface area contributed by atoms with E-state index in [1.54, 1.807) is 0 Å². The fourth-order valence-electron chi connectivity index (χ4n) is 0.665. The van der Waals surface area contributed by atoms with Crippen LogP contribution in [-0.4, -0.2) is 34.4 Å². The molecule has 0 saturated carbocycles. The molecule has 0 atom stereocenters. The minimum Gasteiger partial charge on any atom is -0.346 e. The van der Waals surface area contributed by atoms with Gasteiger partial charge in [-0.2, -0.15) is 0 Å². The first-order chi connectivity index (χ1) is 6.18. The van der Waals surface area contributed by atoms with Gasteiger partial charge in [-0.05, 0) is 0 Å². The van der Waals surface area contributed by atoms with Crippen LogP contribution < -0.4 is 10.6 Å². The molecule has 2 saturated heterocycles. The van der Waals surface area contributed by atoms with Gasteiger partial charge in [0, 0.05) is 12.3 Å². The van der Waals surface area contributed by atoms with E-state index >= 15 is 0 Å². The van der Waals surface area contributed by atoms with Gasteiger partial charge in [0.05, 0.1) is 5.75 Å². The smallest absolute Gasteiger partial charge is 0.286 e. The molecule has 2 N–H and O–H groups in total. The van der Waals surface area contributed by atoms with Crippen LogP contribution >= 0.6 is 23.5 Å². The third kappa shape index (κ3) is 4.18. The predicted molar refractivity (Wildman–Crippen MR) is 51.9 cm³/mol. The summed E-state index contributed by atoms with van der Waals surface area (Å²) in [6, 6.07) is 0. The third-order valence-electron chi connectivity index (χ3n) is 1.18. The van der Waals surface area contributed by atoms with E-state index in [4.69, 9.17) is 0 Å². The normalized spacial score (nSPS) is 20.5. The number of hydrogen-bond acceptors (Lipinski definition) is 5. The maximum absolute atomic E-state index is 10.1. The van der Waals surface area contributed by atoms with Gasteiger partial charge in [0.2, 0.25) is 5.91 Å². The van der Waals surface area contributed by atoms with Crippen LogP contribution in [0, 0.1) is 0 Å². The lowest BCUT2D eigenvalue weighted by molar-refractivity contribution is -0.117. The van der Waals surface area contributed by atoms with E-state index in [9.17, 15) is 14.4 Å². The van der Waals surface area contributed by atoms with E-state index in [1.165, 1.54) is 11.8 Å². The summed E-state index contributed by atoms with van der Waals surface area (Å²) in [5, 5.41) is 4.63. The summed E-state index contributed by atoms with van der Waals surface area (Å²) >= 11 is 2.35. The molecule has 0 aromatic heterocycles.